The van der Waals surface area contributed by atoms with E-state index in [-0.39, 0.29) is 46.2 Å². The molecule has 1 heterocycles. The van der Waals surface area contributed by atoms with Crippen LogP contribution < -0.4 is 10.1 Å². The van der Waals surface area contributed by atoms with Gasteiger partial charge in [0, 0.05) is 35.3 Å². The molecule has 2 aromatic carbocycles. The van der Waals surface area contributed by atoms with E-state index in [1.165, 1.54) is 36.4 Å². The number of rotatable bonds is 9. The van der Waals surface area contributed by atoms with E-state index in [4.69, 9.17) is 11.6 Å². The van der Waals surface area contributed by atoms with Crippen molar-refractivity contribution in [2.24, 2.45) is 5.92 Å². The van der Waals surface area contributed by atoms with Crippen molar-refractivity contribution in [1.82, 2.24) is 15.1 Å². The molecule has 2 aromatic rings. The fourth-order valence-electron chi connectivity index (χ4n) is 5.87. The first-order chi connectivity index (χ1) is 19.6. The van der Waals surface area contributed by atoms with Gasteiger partial charge < -0.3 is 19.9 Å². The highest BCUT2D eigenvalue weighted by Gasteiger charge is 2.44. The average molecular weight is 630 g/mol. The minimum absolute atomic E-state index is 0.0767. The zero-order valence-corrected chi connectivity index (χ0v) is 25.2. The first-order valence-corrected chi connectivity index (χ1v) is 15.8. The molecule has 1 aliphatic carbocycles. The molecular weight excluding hydrogens is 595 g/mol. The summed E-state index contributed by atoms with van der Waals surface area (Å²) >= 11 is 5.96. The summed E-state index contributed by atoms with van der Waals surface area (Å²) in [6.45, 7) is 4.48. The van der Waals surface area contributed by atoms with Crippen LogP contribution in [0.5, 0.6) is 5.75 Å². The standard InChI is InChI=1S/C29H35ClF3N3O5S/c1-18(2)35(3)22-9-12-26(20(15-22)17-42(39,40)24-10-7-21(30)8-11-24)36-14-13-25(28(36)38)34-27(37)19-5-4-6-23(16-19)41-29(31,32)33/h4-8,10-11,16,18,20,22,25-26H,9,12-15,17H2,1-3H3,(H,34,37)/t20-,22?,25?,26?/m0/s1. The Balaban J connectivity index is 1.50. The van der Waals surface area contributed by atoms with Crippen molar-refractivity contribution in [3.63, 3.8) is 0 Å². The maximum Gasteiger partial charge on any atom is 0.573 e. The number of carbonyl (C=O) groups is 2. The van der Waals surface area contributed by atoms with Crippen LogP contribution in [0.4, 0.5) is 13.2 Å². The summed E-state index contributed by atoms with van der Waals surface area (Å²) < 4.78 is 68.6. The van der Waals surface area contributed by atoms with E-state index in [1.807, 2.05) is 7.05 Å². The van der Waals surface area contributed by atoms with Crippen LogP contribution in [0, 0.1) is 5.92 Å². The van der Waals surface area contributed by atoms with Crippen LogP contribution in [0.3, 0.4) is 0 Å². The quantitative estimate of drug-likeness (QED) is 0.423. The highest BCUT2D eigenvalue weighted by atomic mass is 35.5. The zero-order chi connectivity index (χ0) is 30.8. The van der Waals surface area contributed by atoms with Crippen LogP contribution in [-0.4, -0.2) is 79.9 Å². The third-order valence-electron chi connectivity index (χ3n) is 8.19. The summed E-state index contributed by atoms with van der Waals surface area (Å²) in [5.41, 5.74) is -0.0767. The molecule has 8 nitrogen and oxygen atoms in total. The van der Waals surface area contributed by atoms with Gasteiger partial charge in [0.15, 0.2) is 9.84 Å². The molecule has 0 spiro atoms. The van der Waals surface area contributed by atoms with E-state index in [2.05, 4.69) is 28.8 Å². The monoisotopic (exact) mass is 629 g/mol. The maximum atomic E-state index is 13.5. The van der Waals surface area contributed by atoms with E-state index < -0.39 is 33.9 Å². The number of hydrogen-bond acceptors (Lipinski definition) is 6. The number of nitrogens with zero attached hydrogens (tertiary/aromatic N) is 2. The Morgan fingerprint density at radius 1 is 1.14 bits per heavy atom. The summed E-state index contributed by atoms with van der Waals surface area (Å²) in [6.07, 6.45) is -2.64. The third-order valence-corrected chi connectivity index (χ3v) is 10.3. The molecule has 42 heavy (non-hydrogen) atoms. The number of benzene rings is 2. The molecule has 3 unspecified atom stereocenters. The number of amides is 2. The lowest BCUT2D eigenvalue weighted by Gasteiger charge is -2.44. The number of ether oxygens (including phenoxy) is 1. The lowest BCUT2D eigenvalue weighted by Crippen LogP contribution is -2.53. The lowest BCUT2D eigenvalue weighted by atomic mass is 9.81. The summed E-state index contributed by atoms with van der Waals surface area (Å²) in [4.78, 5) is 30.4. The molecule has 0 bridgehead atoms. The number of likely N-dealkylation sites (tertiary alicyclic amines) is 1. The van der Waals surface area contributed by atoms with Gasteiger partial charge >= 0.3 is 6.36 Å². The molecule has 4 rings (SSSR count). The second-order valence-electron chi connectivity index (χ2n) is 11.2. The molecule has 1 saturated heterocycles. The minimum atomic E-state index is -4.91. The number of carbonyl (C=O) groups excluding carboxylic acids is 2. The highest BCUT2D eigenvalue weighted by Crippen LogP contribution is 2.36. The van der Waals surface area contributed by atoms with Gasteiger partial charge in [-0.05, 0) is 95.0 Å². The number of hydrogen-bond donors (Lipinski definition) is 1. The first-order valence-electron chi connectivity index (χ1n) is 13.8. The van der Waals surface area contributed by atoms with Gasteiger partial charge in [-0.3, -0.25) is 9.59 Å². The molecule has 230 valence electrons. The van der Waals surface area contributed by atoms with Crippen LogP contribution in [0.1, 0.15) is 49.9 Å². The van der Waals surface area contributed by atoms with Gasteiger partial charge in [-0.1, -0.05) is 17.7 Å². The van der Waals surface area contributed by atoms with Gasteiger partial charge in [0.1, 0.15) is 11.8 Å². The second-order valence-corrected chi connectivity index (χ2v) is 13.7. The van der Waals surface area contributed by atoms with Crippen LogP contribution in [-0.2, 0) is 14.6 Å². The second kappa shape index (κ2) is 12.8. The molecule has 0 aromatic heterocycles. The van der Waals surface area contributed by atoms with Crippen molar-refractivity contribution in [2.75, 3.05) is 19.3 Å². The van der Waals surface area contributed by atoms with Crippen molar-refractivity contribution in [2.45, 2.75) is 75.0 Å². The zero-order valence-electron chi connectivity index (χ0n) is 23.6. The van der Waals surface area contributed by atoms with Gasteiger partial charge in [-0.15, -0.1) is 13.2 Å². The van der Waals surface area contributed by atoms with E-state index in [1.54, 1.807) is 4.90 Å². The molecule has 2 aliphatic rings. The SMILES string of the molecule is CC(C)N(C)C1CCC(N2CCC(NC(=O)c3cccc(OC(F)(F)F)c3)C2=O)[C@H](CS(=O)(=O)c2ccc(Cl)cc2)C1. The normalized spacial score (nSPS) is 23.5. The van der Waals surface area contributed by atoms with Gasteiger partial charge in [-0.25, -0.2) is 8.42 Å². The predicted octanol–water partition coefficient (Wildman–Crippen LogP) is 4.92. The number of nitrogens with one attached hydrogen (secondary N) is 1. The van der Waals surface area contributed by atoms with Gasteiger partial charge in [0.05, 0.1) is 10.6 Å². The van der Waals surface area contributed by atoms with Crippen LogP contribution >= 0.6 is 11.6 Å². The van der Waals surface area contributed by atoms with Gasteiger partial charge in [0.2, 0.25) is 5.91 Å². The maximum absolute atomic E-state index is 13.5. The fraction of sp³-hybridized carbons (Fsp3) is 0.517. The molecule has 4 atom stereocenters. The van der Waals surface area contributed by atoms with E-state index in [0.29, 0.717) is 30.8 Å². The van der Waals surface area contributed by atoms with E-state index in [9.17, 15) is 31.2 Å². The van der Waals surface area contributed by atoms with Crippen molar-refractivity contribution in [1.29, 1.82) is 0 Å². The van der Waals surface area contributed by atoms with Gasteiger partial charge in [0.25, 0.3) is 5.91 Å². The number of alkyl halides is 3. The third kappa shape index (κ3) is 7.76. The number of sulfone groups is 1. The highest BCUT2D eigenvalue weighted by molar-refractivity contribution is 7.91. The average Bonchev–Trinajstić information content (AvgIpc) is 3.26. The Morgan fingerprint density at radius 3 is 2.48 bits per heavy atom. The largest absolute Gasteiger partial charge is 0.573 e. The smallest absolute Gasteiger partial charge is 0.406 e. The molecule has 1 aliphatic heterocycles. The number of halogens is 4. The molecule has 2 amide bonds. The van der Waals surface area contributed by atoms with Crippen molar-refractivity contribution in [3.05, 3.63) is 59.1 Å². The Bertz CT molecular complexity index is 1390. The summed E-state index contributed by atoms with van der Waals surface area (Å²) in [7, 11) is -1.67. The van der Waals surface area contributed by atoms with E-state index >= 15 is 0 Å². The topological polar surface area (TPSA) is 96.0 Å². The van der Waals surface area contributed by atoms with Crippen LogP contribution in [0.15, 0.2) is 53.4 Å². The van der Waals surface area contributed by atoms with Crippen molar-refractivity contribution < 1.29 is 35.9 Å². The molecule has 1 saturated carbocycles. The van der Waals surface area contributed by atoms with E-state index in [0.717, 1.165) is 18.6 Å². The minimum Gasteiger partial charge on any atom is -0.406 e. The molecule has 13 heteroatoms. The summed E-state index contributed by atoms with van der Waals surface area (Å²) in [6, 6.07) is 9.84. The summed E-state index contributed by atoms with van der Waals surface area (Å²) in [5, 5.41) is 3.06. The molecule has 2 fully saturated rings. The molecule has 0 radical (unpaired) electrons. The van der Waals surface area contributed by atoms with Gasteiger partial charge in [-0.2, -0.15) is 0 Å². The van der Waals surface area contributed by atoms with Crippen molar-refractivity contribution in [3.8, 4) is 5.75 Å². The van der Waals surface area contributed by atoms with Crippen LogP contribution in [0.25, 0.3) is 0 Å². The predicted molar refractivity (Wildman–Crippen MR) is 152 cm³/mol. The first kappa shape index (κ1) is 32.1. The Hall–Kier alpha value is -2.83. The Kier molecular flexibility index (Phi) is 9.79. The Morgan fingerprint density at radius 2 is 1.83 bits per heavy atom. The summed E-state index contributed by atoms with van der Waals surface area (Å²) in [5.74, 6) is -2.07. The Labute approximate surface area is 249 Å². The van der Waals surface area contributed by atoms with Crippen LogP contribution in [0.2, 0.25) is 5.02 Å². The molecular formula is C29H35ClF3N3O5S. The van der Waals surface area contributed by atoms with Crippen molar-refractivity contribution >= 4 is 33.3 Å². The lowest BCUT2D eigenvalue weighted by molar-refractivity contribution is -0.274. The fourth-order valence-corrected chi connectivity index (χ4v) is 7.66. The molecule has 1 N–H and O–H groups in total.